The Morgan fingerprint density at radius 3 is 1.70 bits per heavy atom. The van der Waals surface area contributed by atoms with Gasteiger partial charge in [0, 0.05) is 11.1 Å². The number of nitriles is 2. The number of aromatic amines is 3. The Kier molecular flexibility index (Phi) is 16.8. The molecular formula is C36H28Cl6N12O9. The van der Waals surface area contributed by atoms with E-state index in [1.807, 2.05) is 10.3 Å². The molecule has 328 valence electrons. The SMILES string of the molecule is CC(C)c1c(Cl)c(Oc2c(Cl)cc(-n3nc(C#N)c(=O)[nH]c3=O)cc2Cl)n[nH]c1=O.CCOC(=O)NC(=O)/C(C#N)=N/Nc1cc(Cl)c(Oc2n[nH]c(=O)c(C(C)C)c2Cl)c(Cl)c1. The van der Waals surface area contributed by atoms with Gasteiger partial charge in [0.25, 0.3) is 34.3 Å². The number of hydrazone groups is 1. The summed E-state index contributed by atoms with van der Waals surface area (Å²) in [5.41, 5.74) is -0.632. The van der Waals surface area contributed by atoms with Gasteiger partial charge in [-0.15, -0.1) is 15.3 Å². The highest BCUT2D eigenvalue weighted by atomic mass is 35.5. The Balaban J connectivity index is 0.000000278. The van der Waals surface area contributed by atoms with E-state index < -0.39 is 45.8 Å². The summed E-state index contributed by atoms with van der Waals surface area (Å²) in [6.45, 7) is 8.71. The topological polar surface area (TPSA) is 305 Å². The lowest BCUT2D eigenvalue weighted by atomic mass is 10.1. The number of aromatic nitrogens is 7. The van der Waals surface area contributed by atoms with Crippen LogP contribution in [-0.2, 0) is 9.53 Å². The smallest absolute Gasteiger partial charge is 0.414 e. The number of nitrogens with zero attached hydrogens (tertiary/aromatic N) is 7. The van der Waals surface area contributed by atoms with Crippen molar-refractivity contribution in [1.29, 1.82) is 10.5 Å². The molecule has 5 aromatic rings. The first-order valence-corrected chi connectivity index (χ1v) is 19.7. The lowest BCUT2D eigenvalue weighted by Crippen LogP contribution is -2.36. The van der Waals surface area contributed by atoms with Crippen LogP contribution in [0.2, 0.25) is 30.1 Å². The number of hydrogen-bond acceptors (Lipinski definition) is 16. The largest absolute Gasteiger partial charge is 0.450 e. The Bertz CT molecular complexity index is 2930. The molecule has 5 N–H and O–H groups in total. The Morgan fingerprint density at radius 2 is 1.27 bits per heavy atom. The van der Waals surface area contributed by atoms with E-state index in [-0.39, 0.29) is 94.3 Å². The number of alkyl carbamates (subject to hydrolysis) is 1. The molecule has 0 fully saturated rings. The van der Waals surface area contributed by atoms with Crippen LogP contribution >= 0.6 is 69.6 Å². The number of nitrogens with one attached hydrogen (secondary N) is 5. The van der Waals surface area contributed by atoms with Crippen LogP contribution in [0.4, 0.5) is 10.5 Å². The predicted molar refractivity (Wildman–Crippen MR) is 232 cm³/mol. The van der Waals surface area contributed by atoms with Gasteiger partial charge < -0.3 is 14.2 Å². The standard InChI is InChI=1S/C19H17Cl3N6O5.C17H11Cl3N6O4/c1-4-32-19(31)24-16(29)12(7-23)26-25-9-5-10(20)15(11(21)6-9)33-18-14(22)13(8(2)3)17(30)27-28-18;1-6(2)11-12(20)16(24-23-15(11)28)30-13-8(18)3-7(4-9(13)19)26-17(29)22-14(27)10(5-21)25-26/h5-6,8,25H,4H2,1-3H3,(H,27,30)(H,24,29,31);3-4,6H,1-2H3,(H,23,28)(H,22,27,29)/b26-12+;. The van der Waals surface area contributed by atoms with E-state index in [9.17, 15) is 28.8 Å². The molecule has 3 aromatic heterocycles. The lowest BCUT2D eigenvalue weighted by Gasteiger charge is -2.14. The van der Waals surface area contributed by atoms with Gasteiger partial charge in [0.2, 0.25) is 11.4 Å². The molecule has 0 saturated carbocycles. The van der Waals surface area contributed by atoms with Crippen molar-refractivity contribution in [3.05, 3.63) is 113 Å². The third kappa shape index (κ3) is 11.9. The average Bonchev–Trinajstić information content (AvgIpc) is 3.19. The Labute approximate surface area is 383 Å². The van der Waals surface area contributed by atoms with Crippen molar-refractivity contribution in [1.82, 2.24) is 40.5 Å². The van der Waals surface area contributed by atoms with Crippen LogP contribution in [0.1, 0.15) is 63.3 Å². The summed E-state index contributed by atoms with van der Waals surface area (Å²) in [4.78, 5) is 72.6. The minimum atomic E-state index is -1.07. The number of imide groups is 1. The number of rotatable bonds is 11. The number of carbonyl (C=O) groups is 2. The predicted octanol–water partition coefficient (Wildman–Crippen LogP) is 6.96. The molecule has 0 aliphatic carbocycles. The molecule has 0 spiro atoms. The molecule has 0 aliphatic heterocycles. The van der Waals surface area contributed by atoms with Crippen LogP contribution in [-0.4, -0.2) is 59.5 Å². The van der Waals surface area contributed by atoms with Crippen LogP contribution in [0.15, 0.2) is 48.5 Å². The Hall–Kier alpha value is -6.46. The average molecular weight is 985 g/mol. The molecule has 2 aromatic carbocycles. The lowest BCUT2D eigenvalue weighted by molar-refractivity contribution is -0.114. The number of carbonyl (C=O) groups excluding carboxylic acids is 2. The molecule has 0 aliphatic rings. The van der Waals surface area contributed by atoms with Gasteiger partial charge in [0.05, 0.1) is 38.1 Å². The summed E-state index contributed by atoms with van der Waals surface area (Å²) in [7, 11) is 0. The van der Waals surface area contributed by atoms with Crippen LogP contribution in [0.3, 0.4) is 0 Å². The van der Waals surface area contributed by atoms with Crippen molar-refractivity contribution >= 4 is 93.0 Å². The second kappa shape index (κ2) is 21.6. The number of halogens is 6. The highest BCUT2D eigenvalue weighted by molar-refractivity contribution is 6.47. The van der Waals surface area contributed by atoms with Crippen LogP contribution in [0.5, 0.6) is 23.3 Å². The van der Waals surface area contributed by atoms with Crippen molar-refractivity contribution in [2.24, 2.45) is 5.10 Å². The summed E-state index contributed by atoms with van der Waals surface area (Å²) in [5, 5.41) is 39.3. The van der Waals surface area contributed by atoms with Gasteiger partial charge in [-0.3, -0.25) is 34.9 Å². The summed E-state index contributed by atoms with van der Waals surface area (Å²) in [5.74, 6) is -1.75. The number of benzene rings is 2. The van der Waals surface area contributed by atoms with Crippen molar-refractivity contribution < 1.29 is 23.8 Å². The first-order valence-electron chi connectivity index (χ1n) is 17.5. The maximum absolute atomic E-state index is 12.0. The van der Waals surface area contributed by atoms with E-state index in [2.05, 4.69) is 40.8 Å². The van der Waals surface area contributed by atoms with Crippen molar-refractivity contribution in [3.8, 4) is 41.1 Å². The maximum Gasteiger partial charge on any atom is 0.414 e. The molecule has 3 heterocycles. The highest BCUT2D eigenvalue weighted by Crippen LogP contribution is 2.42. The van der Waals surface area contributed by atoms with Crippen molar-refractivity contribution in [2.45, 2.75) is 46.5 Å². The molecule has 27 heteroatoms. The van der Waals surface area contributed by atoms with Crippen molar-refractivity contribution in [3.63, 3.8) is 0 Å². The molecule has 2 amide bonds. The van der Waals surface area contributed by atoms with Crippen molar-refractivity contribution in [2.75, 3.05) is 12.0 Å². The molecule has 0 radical (unpaired) electrons. The quantitative estimate of drug-likeness (QED) is 0.0660. The van der Waals surface area contributed by atoms with E-state index in [1.165, 1.54) is 24.3 Å². The zero-order valence-electron chi connectivity index (χ0n) is 32.7. The molecule has 0 bridgehead atoms. The fourth-order valence-corrected chi connectivity index (χ4v) is 6.80. The van der Waals surface area contributed by atoms with E-state index in [4.69, 9.17) is 89.6 Å². The third-order valence-electron chi connectivity index (χ3n) is 7.68. The second-order valence-corrected chi connectivity index (χ2v) is 15.1. The maximum atomic E-state index is 12.0. The number of amides is 2. The third-order valence-corrected chi connectivity index (χ3v) is 9.53. The van der Waals surface area contributed by atoms with Crippen LogP contribution in [0, 0.1) is 22.7 Å². The van der Waals surface area contributed by atoms with Gasteiger partial charge in [0.15, 0.2) is 11.5 Å². The summed E-state index contributed by atoms with van der Waals surface area (Å²) in [6.07, 6.45) is -1.02. The molecule has 5 rings (SSSR count). The first kappa shape index (κ1) is 49.2. The summed E-state index contributed by atoms with van der Waals surface area (Å²) in [6, 6.07) is 8.35. The monoisotopic (exact) mass is 982 g/mol. The van der Waals surface area contributed by atoms with Gasteiger partial charge >= 0.3 is 11.8 Å². The highest BCUT2D eigenvalue weighted by Gasteiger charge is 2.22. The fourth-order valence-electron chi connectivity index (χ4n) is 4.91. The zero-order valence-corrected chi connectivity index (χ0v) is 37.3. The number of anilines is 1. The first-order chi connectivity index (χ1) is 29.7. The molecule has 21 nitrogen and oxygen atoms in total. The fraction of sp³-hybridized carbons (Fsp3) is 0.222. The van der Waals surface area contributed by atoms with E-state index in [0.717, 1.165) is 4.68 Å². The minimum absolute atomic E-state index is 0.00198. The van der Waals surface area contributed by atoms with Gasteiger partial charge in [-0.25, -0.2) is 19.8 Å². The molecule has 0 atom stereocenters. The molecule has 0 saturated heterocycles. The van der Waals surface area contributed by atoms with Crippen LogP contribution < -0.4 is 42.6 Å². The van der Waals surface area contributed by atoms with Gasteiger partial charge in [-0.2, -0.15) is 20.3 Å². The summed E-state index contributed by atoms with van der Waals surface area (Å²) < 4.78 is 16.5. The summed E-state index contributed by atoms with van der Waals surface area (Å²) >= 11 is 37.5. The van der Waals surface area contributed by atoms with Gasteiger partial charge in [0.1, 0.15) is 22.2 Å². The van der Waals surface area contributed by atoms with Gasteiger partial charge in [-0.1, -0.05) is 97.3 Å². The Morgan fingerprint density at radius 1 is 0.794 bits per heavy atom. The molecule has 0 unspecified atom stereocenters. The van der Waals surface area contributed by atoms with E-state index in [0.29, 0.717) is 0 Å². The second-order valence-electron chi connectivity index (χ2n) is 12.7. The molecular weight excluding hydrogens is 957 g/mol. The zero-order chi connectivity index (χ0) is 46.9. The number of H-pyrrole nitrogens is 3. The van der Waals surface area contributed by atoms with E-state index >= 15 is 0 Å². The minimum Gasteiger partial charge on any atom is -0.450 e. The van der Waals surface area contributed by atoms with Crippen LogP contribution in [0.25, 0.3) is 5.69 Å². The normalized spacial score (nSPS) is 10.9. The molecule has 63 heavy (non-hydrogen) atoms. The van der Waals surface area contributed by atoms with Gasteiger partial charge in [-0.05, 0) is 43.0 Å². The number of ether oxygens (including phenoxy) is 3. The van der Waals surface area contributed by atoms with E-state index in [1.54, 1.807) is 46.8 Å². The number of hydrogen-bond donors (Lipinski definition) is 5.